The molecule has 1 heterocycles. The van der Waals surface area contributed by atoms with Crippen LogP contribution < -0.4 is 10.5 Å². The molecule has 0 aliphatic heterocycles. The van der Waals surface area contributed by atoms with E-state index >= 15 is 0 Å². The lowest BCUT2D eigenvalue weighted by Gasteiger charge is -2.09. The Labute approximate surface area is 108 Å². The number of benzene rings is 1. The van der Waals surface area contributed by atoms with Crippen molar-refractivity contribution < 1.29 is 13.5 Å². The number of anilines is 1. The Kier molecular flexibility index (Phi) is 3.55. The largest absolute Gasteiger partial charge is 0.461 e. The van der Waals surface area contributed by atoms with Gasteiger partial charge < -0.3 is 10.5 Å². The zero-order valence-corrected chi connectivity index (χ0v) is 10.4. The number of aromatic nitrogens is 3. The molecule has 7 heteroatoms. The lowest BCUT2D eigenvalue weighted by molar-refractivity contribution is 0.222. The van der Waals surface area contributed by atoms with Gasteiger partial charge in [0.05, 0.1) is 11.7 Å². The van der Waals surface area contributed by atoms with Crippen molar-refractivity contribution >= 4 is 5.95 Å². The lowest BCUT2D eigenvalue weighted by Crippen LogP contribution is -2.11. The van der Waals surface area contributed by atoms with Crippen LogP contribution in [0.1, 0.15) is 13.8 Å². The molecule has 2 N–H and O–H groups in total. The highest BCUT2D eigenvalue weighted by molar-refractivity contribution is 5.57. The first-order valence-electron chi connectivity index (χ1n) is 5.60. The van der Waals surface area contributed by atoms with Crippen molar-refractivity contribution in [2.45, 2.75) is 20.0 Å². The molecule has 5 nitrogen and oxygen atoms in total. The summed E-state index contributed by atoms with van der Waals surface area (Å²) in [7, 11) is 0. The minimum atomic E-state index is -1.04. The van der Waals surface area contributed by atoms with Crippen LogP contribution in [0.25, 0.3) is 11.4 Å². The van der Waals surface area contributed by atoms with Crippen LogP contribution in [0, 0.1) is 11.6 Å². The van der Waals surface area contributed by atoms with Crippen LogP contribution in [-0.2, 0) is 0 Å². The Bertz CT molecular complexity index is 604. The van der Waals surface area contributed by atoms with E-state index in [9.17, 15) is 8.78 Å². The second kappa shape index (κ2) is 5.13. The van der Waals surface area contributed by atoms with Gasteiger partial charge in [0.25, 0.3) is 0 Å². The molecule has 0 saturated carbocycles. The topological polar surface area (TPSA) is 73.9 Å². The first kappa shape index (κ1) is 13.1. The summed E-state index contributed by atoms with van der Waals surface area (Å²) in [5.41, 5.74) is 5.41. The zero-order valence-electron chi connectivity index (χ0n) is 10.4. The SMILES string of the molecule is CC(C)Oc1nc(N)nc(-c2cccc(F)c2F)n1. The van der Waals surface area contributed by atoms with Crippen LogP contribution in [0.15, 0.2) is 18.2 Å². The number of ether oxygens (including phenoxy) is 1. The summed E-state index contributed by atoms with van der Waals surface area (Å²) in [6.45, 7) is 3.56. The van der Waals surface area contributed by atoms with E-state index in [1.807, 2.05) is 0 Å². The molecule has 2 aromatic rings. The molecule has 0 radical (unpaired) electrons. The Morgan fingerprint density at radius 2 is 1.89 bits per heavy atom. The predicted molar refractivity (Wildman–Crippen MR) is 65.4 cm³/mol. The van der Waals surface area contributed by atoms with Crippen molar-refractivity contribution in [1.82, 2.24) is 15.0 Å². The van der Waals surface area contributed by atoms with Crippen molar-refractivity contribution in [3.8, 4) is 17.4 Å². The zero-order chi connectivity index (χ0) is 14.0. The van der Waals surface area contributed by atoms with Gasteiger partial charge in [-0.2, -0.15) is 15.0 Å². The molecule has 0 aliphatic rings. The third kappa shape index (κ3) is 2.93. The number of nitrogen functional groups attached to an aromatic ring is 1. The molecule has 1 aromatic carbocycles. The fourth-order valence-electron chi connectivity index (χ4n) is 1.43. The van der Waals surface area contributed by atoms with E-state index in [4.69, 9.17) is 10.5 Å². The maximum atomic E-state index is 13.7. The molecule has 100 valence electrons. The third-order valence-corrected chi connectivity index (χ3v) is 2.17. The van der Waals surface area contributed by atoms with Gasteiger partial charge in [-0.25, -0.2) is 8.78 Å². The Hall–Kier alpha value is -2.31. The number of nitrogens with zero attached hydrogens (tertiary/aromatic N) is 3. The molecular weight excluding hydrogens is 254 g/mol. The van der Waals surface area contributed by atoms with E-state index in [1.54, 1.807) is 13.8 Å². The number of halogens is 2. The molecule has 19 heavy (non-hydrogen) atoms. The molecule has 0 saturated heterocycles. The summed E-state index contributed by atoms with van der Waals surface area (Å²) in [4.78, 5) is 11.5. The smallest absolute Gasteiger partial charge is 0.322 e. The molecule has 0 amide bonds. The van der Waals surface area contributed by atoms with Crippen LogP contribution in [0.2, 0.25) is 0 Å². The van der Waals surface area contributed by atoms with Crippen molar-refractivity contribution in [2.75, 3.05) is 5.73 Å². The van der Waals surface area contributed by atoms with Crippen LogP contribution in [-0.4, -0.2) is 21.1 Å². The summed E-state index contributed by atoms with van der Waals surface area (Å²) in [5.74, 6) is -2.21. The lowest BCUT2D eigenvalue weighted by atomic mass is 10.2. The van der Waals surface area contributed by atoms with E-state index in [-0.39, 0.29) is 29.5 Å². The fraction of sp³-hybridized carbons (Fsp3) is 0.250. The normalized spacial score (nSPS) is 10.8. The van der Waals surface area contributed by atoms with Crippen molar-refractivity contribution in [3.05, 3.63) is 29.8 Å². The average molecular weight is 266 g/mol. The van der Waals surface area contributed by atoms with Crippen molar-refractivity contribution in [1.29, 1.82) is 0 Å². The first-order valence-corrected chi connectivity index (χ1v) is 5.60. The van der Waals surface area contributed by atoms with Gasteiger partial charge in [-0.05, 0) is 26.0 Å². The van der Waals surface area contributed by atoms with Crippen molar-refractivity contribution in [3.63, 3.8) is 0 Å². The van der Waals surface area contributed by atoms with E-state index in [0.29, 0.717) is 0 Å². The van der Waals surface area contributed by atoms with E-state index in [2.05, 4.69) is 15.0 Å². The molecule has 0 bridgehead atoms. The molecule has 0 fully saturated rings. The first-order chi connectivity index (χ1) is 8.97. The second-order valence-electron chi connectivity index (χ2n) is 4.07. The number of hydrogen-bond donors (Lipinski definition) is 1. The van der Waals surface area contributed by atoms with Crippen LogP contribution in [0.3, 0.4) is 0 Å². The highest BCUT2D eigenvalue weighted by Gasteiger charge is 2.15. The van der Waals surface area contributed by atoms with Gasteiger partial charge in [0.15, 0.2) is 17.5 Å². The predicted octanol–water partition coefficient (Wildman–Crippen LogP) is 2.19. The van der Waals surface area contributed by atoms with Crippen LogP contribution in [0.4, 0.5) is 14.7 Å². The highest BCUT2D eigenvalue weighted by Crippen LogP contribution is 2.23. The minimum Gasteiger partial charge on any atom is -0.461 e. The van der Waals surface area contributed by atoms with E-state index < -0.39 is 11.6 Å². The summed E-state index contributed by atoms with van der Waals surface area (Å²) in [6, 6.07) is 3.69. The maximum absolute atomic E-state index is 13.7. The Balaban J connectivity index is 2.50. The highest BCUT2D eigenvalue weighted by atomic mass is 19.2. The standard InChI is InChI=1S/C12H12F2N4O/c1-6(2)19-12-17-10(16-11(15)18-12)7-4-3-5-8(13)9(7)14/h3-6H,1-2H3,(H2,15,16,17,18). The number of rotatable bonds is 3. The Morgan fingerprint density at radius 3 is 2.58 bits per heavy atom. The van der Waals surface area contributed by atoms with Crippen molar-refractivity contribution in [2.24, 2.45) is 0 Å². The van der Waals surface area contributed by atoms with Gasteiger partial charge in [0.1, 0.15) is 0 Å². The fourth-order valence-corrected chi connectivity index (χ4v) is 1.43. The summed E-state index contributed by atoms with van der Waals surface area (Å²) >= 11 is 0. The summed E-state index contributed by atoms with van der Waals surface area (Å²) in [5, 5.41) is 0. The molecule has 0 unspecified atom stereocenters. The van der Waals surface area contributed by atoms with E-state index in [0.717, 1.165) is 6.07 Å². The molecule has 0 atom stereocenters. The number of nitrogens with two attached hydrogens (primary N) is 1. The molecular formula is C12H12F2N4O. The minimum absolute atomic E-state index is 0.0267. The van der Waals surface area contributed by atoms with Crippen LogP contribution >= 0.6 is 0 Å². The maximum Gasteiger partial charge on any atom is 0.322 e. The van der Waals surface area contributed by atoms with E-state index in [1.165, 1.54) is 12.1 Å². The molecule has 2 rings (SSSR count). The third-order valence-electron chi connectivity index (χ3n) is 2.17. The second-order valence-corrected chi connectivity index (χ2v) is 4.07. The van der Waals surface area contributed by atoms with Gasteiger partial charge in [-0.3, -0.25) is 0 Å². The van der Waals surface area contributed by atoms with Gasteiger partial charge in [-0.1, -0.05) is 6.07 Å². The van der Waals surface area contributed by atoms with Gasteiger partial charge in [0, 0.05) is 0 Å². The molecule has 0 aliphatic carbocycles. The summed E-state index contributed by atoms with van der Waals surface area (Å²) in [6.07, 6.45) is -0.174. The van der Waals surface area contributed by atoms with Crippen LogP contribution in [0.5, 0.6) is 6.01 Å². The quantitative estimate of drug-likeness (QED) is 0.921. The Morgan fingerprint density at radius 1 is 1.16 bits per heavy atom. The average Bonchev–Trinajstić information content (AvgIpc) is 2.31. The van der Waals surface area contributed by atoms with Gasteiger partial charge in [0.2, 0.25) is 5.95 Å². The van der Waals surface area contributed by atoms with Gasteiger partial charge in [-0.15, -0.1) is 0 Å². The monoisotopic (exact) mass is 266 g/mol. The van der Waals surface area contributed by atoms with Gasteiger partial charge >= 0.3 is 6.01 Å². The number of hydrogen-bond acceptors (Lipinski definition) is 5. The summed E-state index contributed by atoms with van der Waals surface area (Å²) < 4.78 is 32.1. The molecule has 0 spiro atoms. The molecule has 1 aromatic heterocycles.